The molecule has 5 nitrogen and oxygen atoms in total. The SMILES string of the molecule is NC(=NCc1ncccc1O)NC1CC1. The zero-order valence-corrected chi connectivity index (χ0v) is 8.35. The lowest BCUT2D eigenvalue weighted by Crippen LogP contribution is -2.33. The Bertz CT molecular complexity index is 373. The zero-order chi connectivity index (χ0) is 10.7. The second-order valence-electron chi connectivity index (χ2n) is 3.59. The Labute approximate surface area is 88.0 Å². The first-order valence-electron chi connectivity index (χ1n) is 4.95. The van der Waals surface area contributed by atoms with Crippen LogP contribution >= 0.6 is 0 Å². The molecule has 5 heteroatoms. The summed E-state index contributed by atoms with van der Waals surface area (Å²) in [5.74, 6) is 0.572. The molecule has 1 fully saturated rings. The molecule has 4 N–H and O–H groups in total. The standard InChI is InChI=1S/C10H14N4O/c11-10(14-7-3-4-7)13-6-8-9(15)2-1-5-12-8/h1-2,5,7,15H,3-4,6H2,(H3,11,13,14). The number of nitrogens with one attached hydrogen (secondary N) is 1. The van der Waals surface area contributed by atoms with Crippen molar-refractivity contribution in [3.63, 3.8) is 0 Å². The fourth-order valence-corrected chi connectivity index (χ4v) is 1.19. The zero-order valence-electron chi connectivity index (χ0n) is 8.35. The van der Waals surface area contributed by atoms with Crippen LogP contribution in [0.15, 0.2) is 23.3 Å². The van der Waals surface area contributed by atoms with Gasteiger partial charge in [-0.15, -0.1) is 0 Å². The van der Waals surface area contributed by atoms with E-state index >= 15 is 0 Å². The molecule has 1 aromatic rings. The Morgan fingerprint density at radius 1 is 1.67 bits per heavy atom. The van der Waals surface area contributed by atoms with E-state index in [1.807, 2.05) is 0 Å². The molecule has 0 aliphatic heterocycles. The summed E-state index contributed by atoms with van der Waals surface area (Å²) < 4.78 is 0. The van der Waals surface area contributed by atoms with Gasteiger partial charge >= 0.3 is 0 Å². The maximum absolute atomic E-state index is 9.42. The topological polar surface area (TPSA) is 83.5 Å². The summed E-state index contributed by atoms with van der Waals surface area (Å²) in [5.41, 5.74) is 6.18. The van der Waals surface area contributed by atoms with Crippen LogP contribution in [0.4, 0.5) is 0 Å². The van der Waals surface area contributed by atoms with Crippen molar-refractivity contribution in [2.24, 2.45) is 10.7 Å². The molecule has 0 aromatic carbocycles. The summed E-state index contributed by atoms with van der Waals surface area (Å²) in [4.78, 5) is 8.10. The highest BCUT2D eigenvalue weighted by atomic mass is 16.3. The summed E-state index contributed by atoms with van der Waals surface area (Å²) in [7, 11) is 0. The molecular weight excluding hydrogens is 192 g/mol. The molecule has 1 aromatic heterocycles. The highest BCUT2D eigenvalue weighted by Crippen LogP contribution is 2.18. The first kappa shape index (κ1) is 9.76. The van der Waals surface area contributed by atoms with Crippen LogP contribution in [-0.2, 0) is 6.54 Å². The van der Waals surface area contributed by atoms with E-state index in [4.69, 9.17) is 5.73 Å². The lowest BCUT2D eigenvalue weighted by atomic mass is 10.3. The Morgan fingerprint density at radius 3 is 3.13 bits per heavy atom. The number of hydrogen-bond donors (Lipinski definition) is 3. The fourth-order valence-electron chi connectivity index (χ4n) is 1.19. The Balaban J connectivity index is 1.93. The molecule has 1 aliphatic carbocycles. The Hall–Kier alpha value is -1.78. The lowest BCUT2D eigenvalue weighted by molar-refractivity contribution is 0.464. The molecule has 1 saturated carbocycles. The monoisotopic (exact) mass is 206 g/mol. The van der Waals surface area contributed by atoms with Gasteiger partial charge in [0, 0.05) is 12.2 Å². The van der Waals surface area contributed by atoms with Gasteiger partial charge in [0.1, 0.15) is 11.4 Å². The molecule has 0 radical (unpaired) electrons. The number of guanidine groups is 1. The van der Waals surface area contributed by atoms with Crippen molar-refractivity contribution in [1.82, 2.24) is 10.3 Å². The molecule has 0 spiro atoms. The molecule has 0 unspecified atom stereocenters. The van der Waals surface area contributed by atoms with E-state index in [9.17, 15) is 5.11 Å². The van der Waals surface area contributed by atoms with Crippen molar-refractivity contribution in [3.05, 3.63) is 24.0 Å². The fraction of sp³-hybridized carbons (Fsp3) is 0.400. The van der Waals surface area contributed by atoms with Crippen molar-refractivity contribution < 1.29 is 5.11 Å². The van der Waals surface area contributed by atoms with Gasteiger partial charge in [0.05, 0.1) is 6.54 Å². The highest BCUT2D eigenvalue weighted by molar-refractivity contribution is 5.78. The Morgan fingerprint density at radius 2 is 2.47 bits per heavy atom. The smallest absolute Gasteiger partial charge is 0.189 e. The molecule has 80 valence electrons. The lowest BCUT2D eigenvalue weighted by Gasteiger charge is -2.03. The number of nitrogens with zero attached hydrogens (tertiary/aromatic N) is 2. The van der Waals surface area contributed by atoms with Crippen LogP contribution in [0, 0.1) is 0 Å². The van der Waals surface area contributed by atoms with Crippen LogP contribution in [0.25, 0.3) is 0 Å². The maximum atomic E-state index is 9.42. The molecule has 0 bridgehead atoms. The minimum Gasteiger partial charge on any atom is -0.506 e. The molecule has 0 saturated heterocycles. The third-order valence-electron chi connectivity index (χ3n) is 2.19. The van der Waals surface area contributed by atoms with Gasteiger partial charge in [-0.05, 0) is 25.0 Å². The molecular formula is C10H14N4O. The molecule has 1 heterocycles. The van der Waals surface area contributed by atoms with Crippen molar-refractivity contribution in [2.75, 3.05) is 0 Å². The van der Waals surface area contributed by atoms with Crippen molar-refractivity contribution >= 4 is 5.96 Å². The number of aromatic hydroxyl groups is 1. The van der Waals surface area contributed by atoms with Gasteiger partial charge in [-0.3, -0.25) is 4.98 Å². The minimum absolute atomic E-state index is 0.153. The van der Waals surface area contributed by atoms with Crippen LogP contribution in [0.5, 0.6) is 5.75 Å². The van der Waals surface area contributed by atoms with E-state index in [0.717, 1.165) is 12.8 Å². The van der Waals surface area contributed by atoms with Crippen LogP contribution < -0.4 is 11.1 Å². The van der Waals surface area contributed by atoms with Gasteiger partial charge in [-0.1, -0.05) is 0 Å². The number of aliphatic imine (C=N–C) groups is 1. The average molecular weight is 206 g/mol. The largest absolute Gasteiger partial charge is 0.506 e. The third kappa shape index (κ3) is 2.83. The van der Waals surface area contributed by atoms with Crippen LogP contribution in [0.2, 0.25) is 0 Å². The van der Waals surface area contributed by atoms with Crippen molar-refractivity contribution in [2.45, 2.75) is 25.4 Å². The van der Waals surface area contributed by atoms with E-state index < -0.39 is 0 Å². The van der Waals surface area contributed by atoms with E-state index in [2.05, 4.69) is 15.3 Å². The molecule has 15 heavy (non-hydrogen) atoms. The highest BCUT2D eigenvalue weighted by Gasteiger charge is 2.21. The predicted molar refractivity (Wildman–Crippen MR) is 57.4 cm³/mol. The second-order valence-corrected chi connectivity index (χ2v) is 3.59. The first-order valence-corrected chi connectivity index (χ1v) is 4.95. The summed E-state index contributed by atoms with van der Waals surface area (Å²) in [5, 5.41) is 12.5. The Kier molecular flexibility index (Phi) is 2.71. The minimum atomic E-state index is 0.153. The predicted octanol–water partition coefficient (Wildman–Crippen LogP) is 0.354. The number of nitrogens with two attached hydrogens (primary N) is 1. The van der Waals surface area contributed by atoms with Gasteiger partial charge in [-0.2, -0.15) is 0 Å². The number of rotatable bonds is 3. The van der Waals surface area contributed by atoms with Crippen LogP contribution in [0.1, 0.15) is 18.5 Å². The van der Waals surface area contributed by atoms with E-state index in [0.29, 0.717) is 24.2 Å². The number of pyridine rings is 1. The maximum Gasteiger partial charge on any atom is 0.189 e. The molecule has 2 rings (SSSR count). The van der Waals surface area contributed by atoms with Crippen LogP contribution in [-0.4, -0.2) is 22.1 Å². The molecule has 0 atom stereocenters. The molecule has 1 aliphatic rings. The van der Waals surface area contributed by atoms with Crippen LogP contribution in [0.3, 0.4) is 0 Å². The second kappa shape index (κ2) is 4.16. The quantitative estimate of drug-likeness (QED) is 0.492. The van der Waals surface area contributed by atoms with Gasteiger partial charge in [0.15, 0.2) is 5.96 Å². The summed E-state index contributed by atoms with van der Waals surface area (Å²) >= 11 is 0. The summed E-state index contributed by atoms with van der Waals surface area (Å²) in [6, 6.07) is 3.75. The van der Waals surface area contributed by atoms with Crippen molar-refractivity contribution in [1.29, 1.82) is 0 Å². The van der Waals surface area contributed by atoms with Gasteiger partial charge < -0.3 is 16.2 Å². The van der Waals surface area contributed by atoms with E-state index in [1.54, 1.807) is 18.3 Å². The van der Waals surface area contributed by atoms with Gasteiger partial charge in [-0.25, -0.2) is 4.99 Å². The third-order valence-corrected chi connectivity index (χ3v) is 2.19. The number of hydrogen-bond acceptors (Lipinski definition) is 3. The van der Waals surface area contributed by atoms with Gasteiger partial charge in [0.25, 0.3) is 0 Å². The van der Waals surface area contributed by atoms with Crippen molar-refractivity contribution in [3.8, 4) is 5.75 Å². The van der Waals surface area contributed by atoms with E-state index in [1.165, 1.54) is 0 Å². The summed E-state index contributed by atoms with van der Waals surface area (Å²) in [6.45, 7) is 0.304. The first-order chi connectivity index (χ1) is 7.25. The van der Waals surface area contributed by atoms with Gasteiger partial charge in [0.2, 0.25) is 0 Å². The normalized spacial score (nSPS) is 16.4. The average Bonchev–Trinajstić information content (AvgIpc) is 3.00. The summed E-state index contributed by atoms with van der Waals surface area (Å²) in [6.07, 6.45) is 3.94. The van der Waals surface area contributed by atoms with E-state index in [-0.39, 0.29) is 5.75 Å². The molecule has 0 amide bonds. The number of aromatic nitrogens is 1.